The highest BCUT2D eigenvalue weighted by Crippen LogP contribution is 2.02. The molecule has 0 unspecified atom stereocenters. The summed E-state index contributed by atoms with van der Waals surface area (Å²) >= 11 is 0. The van der Waals surface area contributed by atoms with Crippen LogP contribution in [0.2, 0.25) is 0 Å². The maximum Gasteiger partial charge on any atom is 0.205 e. The minimum absolute atomic E-state index is 0.494. The van der Waals surface area contributed by atoms with Gasteiger partial charge in [0.1, 0.15) is 0 Å². The van der Waals surface area contributed by atoms with Crippen molar-refractivity contribution in [1.29, 1.82) is 5.26 Å². The lowest BCUT2D eigenvalue weighted by molar-refractivity contribution is -0.0862. The van der Waals surface area contributed by atoms with Crippen molar-refractivity contribution in [2.24, 2.45) is 0 Å². The molecule has 0 amide bonds. The molecule has 0 atom stereocenters. The minimum Gasteiger partial charge on any atom is -0.267 e. The van der Waals surface area contributed by atoms with Crippen LogP contribution in [0.15, 0.2) is 30.3 Å². The molecule has 0 fully saturated rings. The Hall–Kier alpha value is -1.53. The largest absolute Gasteiger partial charge is 0.267 e. The first-order valence-electron chi connectivity index (χ1n) is 3.62. The van der Waals surface area contributed by atoms with Crippen LogP contribution in [0, 0.1) is 11.5 Å². The summed E-state index contributed by atoms with van der Waals surface area (Å²) in [4.78, 5) is 4.78. The van der Waals surface area contributed by atoms with Crippen molar-refractivity contribution in [2.75, 3.05) is 7.11 Å². The van der Waals surface area contributed by atoms with E-state index < -0.39 is 0 Å². The van der Waals surface area contributed by atoms with Crippen molar-refractivity contribution >= 4 is 0 Å². The number of hydrogen-bond donors (Lipinski definition) is 0. The summed E-state index contributed by atoms with van der Waals surface area (Å²) in [5, 5.41) is 9.76. The number of hydrogen-bond acceptors (Lipinski definition) is 3. The summed E-state index contributed by atoms with van der Waals surface area (Å²) in [5.41, 5.74) is 1.06. The van der Waals surface area contributed by atoms with E-state index in [1.807, 2.05) is 36.5 Å². The molecule has 0 radical (unpaired) electrons. The highest BCUT2D eigenvalue weighted by Gasteiger charge is 1.99. The summed E-state index contributed by atoms with van der Waals surface area (Å²) in [5.74, 6) is 0. The molecule has 0 aliphatic rings. The van der Waals surface area contributed by atoms with Crippen LogP contribution < -0.4 is 0 Å². The van der Waals surface area contributed by atoms with Crippen LogP contribution in [0.1, 0.15) is 5.56 Å². The van der Waals surface area contributed by atoms with Crippen LogP contribution in [-0.4, -0.2) is 12.2 Å². The zero-order chi connectivity index (χ0) is 8.81. The maximum absolute atomic E-state index is 8.54. The standard InChI is InChI=1S/C9H10N2O/c1-12-11(8-10)7-9-5-3-2-4-6-9/h2-6H,7H2,1H3. The molecule has 0 N–H and O–H groups in total. The van der Waals surface area contributed by atoms with E-state index in [1.54, 1.807) is 0 Å². The van der Waals surface area contributed by atoms with E-state index in [9.17, 15) is 0 Å². The molecule has 0 saturated heterocycles. The number of rotatable bonds is 3. The molecule has 62 valence electrons. The highest BCUT2D eigenvalue weighted by atomic mass is 16.7. The van der Waals surface area contributed by atoms with E-state index in [0.29, 0.717) is 6.54 Å². The van der Waals surface area contributed by atoms with Crippen LogP contribution in [0.25, 0.3) is 0 Å². The van der Waals surface area contributed by atoms with Gasteiger partial charge in [-0.1, -0.05) is 30.3 Å². The van der Waals surface area contributed by atoms with Gasteiger partial charge in [0.05, 0.1) is 13.7 Å². The molecule has 3 nitrogen and oxygen atoms in total. The van der Waals surface area contributed by atoms with E-state index in [4.69, 9.17) is 10.1 Å². The number of nitrogens with zero attached hydrogens (tertiary/aromatic N) is 2. The lowest BCUT2D eigenvalue weighted by Gasteiger charge is -2.10. The lowest BCUT2D eigenvalue weighted by atomic mass is 10.2. The molecule has 0 aliphatic carbocycles. The van der Waals surface area contributed by atoms with Gasteiger partial charge >= 0.3 is 0 Å². The van der Waals surface area contributed by atoms with Crippen LogP contribution >= 0.6 is 0 Å². The topological polar surface area (TPSA) is 36.3 Å². The van der Waals surface area contributed by atoms with Gasteiger partial charge in [0.2, 0.25) is 6.19 Å². The summed E-state index contributed by atoms with van der Waals surface area (Å²) in [7, 11) is 1.48. The van der Waals surface area contributed by atoms with Crippen molar-refractivity contribution in [1.82, 2.24) is 5.06 Å². The molecule has 0 saturated carbocycles. The van der Waals surface area contributed by atoms with Gasteiger partial charge in [-0.05, 0) is 5.56 Å². The Morgan fingerprint density at radius 2 is 2.08 bits per heavy atom. The van der Waals surface area contributed by atoms with E-state index in [0.717, 1.165) is 5.56 Å². The molecule has 1 rings (SSSR count). The molecule has 0 aromatic heterocycles. The number of nitriles is 1. The van der Waals surface area contributed by atoms with E-state index in [1.165, 1.54) is 12.2 Å². The second kappa shape index (κ2) is 4.37. The predicted octanol–water partition coefficient (Wildman–Crippen LogP) is 1.53. The van der Waals surface area contributed by atoms with E-state index >= 15 is 0 Å². The van der Waals surface area contributed by atoms with Gasteiger partial charge in [0, 0.05) is 0 Å². The van der Waals surface area contributed by atoms with Gasteiger partial charge in [0.25, 0.3) is 0 Å². The third-order valence-electron chi connectivity index (χ3n) is 1.50. The zero-order valence-electron chi connectivity index (χ0n) is 6.90. The van der Waals surface area contributed by atoms with Crippen molar-refractivity contribution in [2.45, 2.75) is 6.54 Å². The Morgan fingerprint density at radius 1 is 1.42 bits per heavy atom. The van der Waals surface area contributed by atoms with Crippen LogP contribution in [0.5, 0.6) is 0 Å². The zero-order valence-corrected chi connectivity index (χ0v) is 6.90. The second-order valence-electron chi connectivity index (χ2n) is 2.30. The maximum atomic E-state index is 8.54. The molecular formula is C9H10N2O. The van der Waals surface area contributed by atoms with Crippen molar-refractivity contribution in [3.8, 4) is 6.19 Å². The van der Waals surface area contributed by atoms with Crippen molar-refractivity contribution in [3.63, 3.8) is 0 Å². The third-order valence-corrected chi connectivity index (χ3v) is 1.50. The van der Waals surface area contributed by atoms with Crippen LogP contribution in [0.4, 0.5) is 0 Å². The Morgan fingerprint density at radius 3 is 2.58 bits per heavy atom. The molecule has 3 heteroatoms. The normalized spacial score (nSPS) is 9.00. The molecule has 12 heavy (non-hydrogen) atoms. The SMILES string of the molecule is CON(C#N)Cc1ccccc1. The fourth-order valence-electron chi connectivity index (χ4n) is 0.890. The Kier molecular flexibility index (Phi) is 3.12. The number of benzene rings is 1. The van der Waals surface area contributed by atoms with Crippen molar-refractivity contribution < 1.29 is 4.84 Å². The molecule has 1 aromatic carbocycles. The van der Waals surface area contributed by atoms with Gasteiger partial charge in [-0.25, -0.2) is 0 Å². The number of hydroxylamine groups is 2. The Labute approximate surface area is 71.7 Å². The lowest BCUT2D eigenvalue weighted by Crippen LogP contribution is -2.14. The van der Waals surface area contributed by atoms with Gasteiger partial charge < -0.3 is 0 Å². The summed E-state index contributed by atoms with van der Waals surface area (Å²) < 4.78 is 0. The highest BCUT2D eigenvalue weighted by molar-refractivity contribution is 5.14. The molecular weight excluding hydrogens is 152 g/mol. The molecule has 0 bridgehead atoms. The average molecular weight is 162 g/mol. The van der Waals surface area contributed by atoms with Crippen LogP contribution in [0.3, 0.4) is 0 Å². The van der Waals surface area contributed by atoms with E-state index in [2.05, 4.69) is 0 Å². The summed E-state index contributed by atoms with van der Waals surface area (Å²) in [6, 6.07) is 9.70. The Balaban J connectivity index is 2.58. The molecule has 1 aromatic rings. The molecule has 0 aliphatic heterocycles. The predicted molar refractivity (Wildman–Crippen MR) is 44.6 cm³/mol. The van der Waals surface area contributed by atoms with Crippen LogP contribution in [-0.2, 0) is 11.4 Å². The van der Waals surface area contributed by atoms with Gasteiger partial charge in [-0.15, -0.1) is 0 Å². The van der Waals surface area contributed by atoms with Gasteiger partial charge in [-0.2, -0.15) is 10.3 Å². The summed E-state index contributed by atoms with van der Waals surface area (Å²) in [6.45, 7) is 0.494. The first kappa shape index (κ1) is 8.57. The minimum atomic E-state index is 0.494. The fourth-order valence-corrected chi connectivity index (χ4v) is 0.890. The second-order valence-corrected chi connectivity index (χ2v) is 2.30. The third kappa shape index (κ3) is 2.26. The van der Waals surface area contributed by atoms with Gasteiger partial charge in [0.15, 0.2) is 0 Å². The van der Waals surface area contributed by atoms with E-state index in [-0.39, 0.29) is 0 Å². The molecule has 0 spiro atoms. The molecule has 0 heterocycles. The average Bonchev–Trinajstić information content (AvgIpc) is 2.16. The Bertz CT molecular complexity index is 266. The quantitative estimate of drug-likeness (QED) is 0.384. The first-order valence-corrected chi connectivity index (χ1v) is 3.62. The first-order chi connectivity index (χ1) is 5.86. The van der Waals surface area contributed by atoms with Gasteiger partial charge in [-0.3, -0.25) is 4.84 Å². The smallest absolute Gasteiger partial charge is 0.205 e. The summed E-state index contributed by atoms with van der Waals surface area (Å²) in [6.07, 6.45) is 1.91. The fraction of sp³-hybridized carbons (Fsp3) is 0.222. The monoisotopic (exact) mass is 162 g/mol. The van der Waals surface area contributed by atoms with Crippen molar-refractivity contribution in [3.05, 3.63) is 35.9 Å².